The summed E-state index contributed by atoms with van der Waals surface area (Å²) in [6, 6.07) is 17.7. The van der Waals surface area contributed by atoms with Crippen molar-refractivity contribution in [2.24, 2.45) is 0 Å². The molecule has 0 fully saturated rings. The summed E-state index contributed by atoms with van der Waals surface area (Å²) < 4.78 is 5.46. The van der Waals surface area contributed by atoms with Crippen molar-refractivity contribution in [3.05, 3.63) is 83.6 Å². The summed E-state index contributed by atoms with van der Waals surface area (Å²) in [6.45, 7) is 0.150. The van der Waals surface area contributed by atoms with Crippen LogP contribution in [0.25, 0.3) is 11.1 Å². The summed E-state index contributed by atoms with van der Waals surface area (Å²) in [6.07, 6.45) is 0.349. The lowest BCUT2D eigenvalue weighted by molar-refractivity contribution is -0.138. The number of pyridine rings is 1. The number of aldehydes is 1. The zero-order valence-electron chi connectivity index (χ0n) is 17.9. The molecule has 9 nitrogen and oxygen atoms in total. The Morgan fingerprint density at radius 3 is 2.21 bits per heavy atom. The fraction of sp³-hybridized carbons (Fsp3) is 0.160. The zero-order valence-corrected chi connectivity index (χ0v) is 17.9. The largest absolute Gasteiger partial charge is 0.481 e. The van der Waals surface area contributed by atoms with Gasteiger partial charge >= 0.3 is 12.1 Å². The van der Waals surface area contributed by atoms with Gasteiger partial charge in [-0.2, -0.15) is 0 Å². The molecule has 9 heteroatoms. The Morgan fingerprint density at radius 2 is 1.65 bits per heavy atom. The molecule has 3 aromatic rings. The second-order valence-electron chi connectivity index (χ2n) is 7.70. The van der Waals surface area contributed by atoms with E-state index in [1.54, 1.807) is 0 Å². The standard InChI is InChI=1S/C25H21N3O6/c29-13-16(11-23(30)31)27-24(32)15-9-10-22(26-12-15)28-25(33)34-14-21-19-7-3-1-5-17(19)18-6-2-4-8-20(18)21/h1-10,12-13,16,21H,11,14H2,(H,27,32)(H,30,31)(H,26,28,33)/t16-/m0/s1. The summed E-state index contributed by atoms with van der Waals surface area (Å²) in [7, 11) is 0. The maximum Gasteiger partial charge on any atom is 0.412 e. The van der Waals surface area contributed by atoms with Crippen molar-refractivity contribution < 1.29 is 29.0 Å². The predicted molar refractivity (Wildman–Crippen MR) is 122 cm³/mol. The number of anilines is 1. The van der Waals surface area contributed by atoms with Crippen LogP contribution in [0, 0.1) is 0 Å². The highest BCUT2D eigenvalue weighted by Gasteiger charge is 2.29. The number of carboxylic acid groups (broad SMARTS) is 1. The molecular weight excluding hydrogens is 438 g/mol. The molecule has 0 saturated carbocycles. The molecule has 0 spiro atoms. The minimum atomic E-state index is -1.21. The molecule has 0 bridgehead atoms. The SMILES string of the molecule is O=C[C@H](CC(=O)O)NC(=O)c1ccc(NC(=O)OCC2c3ccccc3-c3ccccc32)nc1. The Morgan fingerprint density at radius 1 is 1.00 bits per heavy atom. The molecule has 0 radical (unpaired) electrons. The number of aliphatic carboxylic acids is 1. The van der Waals surface area contributed by atoms with Crippen molar-refractivity contribution in [2.75, 3.05) is 11.9 Å². The number of nitrogens with zero attached hydrogens (tertiary/aromatic N) is 1. The lowest BCUT2D eigenvalue weighted by Gasteiger charge is -2.14. The van der Waals surface area contributed by atoms with Crippen molar-refractivity contribution >= 4 is 30.1 Å². The number of aromatic nitrogens is 1. The minimum absolute atomic E-state index is 0.0752. The van der Waals surface area contributed by atoms with Gasteiger partial charge in [-0.1, -0.05) is 48.5 Å². The molecule has 2 aromatic carbocycles. The van der Waals surface area contributed by atoms with Crippen LogP contribution in [0.4, 0.5) is 10.6 Å². The number of carbonyl (C=O) groups excluding carboxylic acids is 3. The van der Waals surface area contributed by atoms with Crippen LogP contribution in [0.1, 0.15) is 33.8 Å². The van der Waals surface area contributed by atoms with E-state index in [0.29, 0.717) is 6.29 Å². The maximum atomic E-state index is 12.4. The molecule has 172 valence electrons. The third-order valence-corrected chi connectivity index (χ3v) is 5.47. The van der Waals surface area contributed by atoms with Gasteiger partial charge in [0, 0.05) is 12.1 Å². The molecule has 4 rings (SSSR count). The number of carboxylic acids is 1. The van der Waals surface area contributed by atoms with Gasteiger partial charge in [-0.3, -0.25) is 14.9 Å². The Hall–Kier alpha value is -4.53. The first kappa shape index (κ1) is 22.7. The van der Waals surface area contributed by atoms with Crippen molar-refractivity contribution in [1.82, 2.24) is 10.3 Å². The number of ether oxygens (including phenoxy) is 1. The number of amides is 2. The highest BCUT2D eigenvalue weighted by atomic mass is 16.5. The van der Waals surface area contributed by atoms with Crippen LogP contribution in [0.15, 0.2) is 66.9 Å². The highest BCUT2D eigenvalue weighted by molar-refractivity contribution is 5.96. The van der Waals surface area contributed by atoms with E-state index in [1.165, 1.54) is 18.3 Å². The smallest absolute Gasteiger partial charge is 0.412 e. The summed E-state index contributed by atoms with van der Waals surface area (Å²) in [5, 5.41) is 13.6. The Bertz CT molecular complexity index is 1200. The molecular formula is C25H21N3O6. The monoisotopic (exact) mass is 459 g/mol. The predicted octanol–water partition coefficient (Wildman–Crippen LogP) is 3.21. The van der Waals surface area contributed by atoms with E-state index in [-0.39, 0.29) is 23.9 Å². The van der Waals surface area contributed by atoms with E-state index in [4.69, 9.17) is 9.84 Å². The van der Waals surface area contributed by atoms with Gasteiger partial charge in [-0.25, -0.2) is 9.78 Å². The van der Waals surface area contributed by atoms with Gasteiger partial charge in [0.05, 0.1) is 18.0 Å². The minimum Gasteiger partial charge on any atom is -0.481 e. The first-order chi connectivity index (χ1) is 16.5. The van der Waals surface area contributed by atoms with Gasteiger partial charge in [0.25, 0.3) is 5.91 Å². The van der Waals surface area contributed by atoms with E-state index in [2.05, 4.69) is 27.8 Å². The number of rotatable bonds is 8. The highest BCUT2D eigenvalue weighted by Crippen LogP contribution is 2.44. The van der Waals surface area contributed by atoms with Gasteiger partial charge in [-0.15, -0.1) is 0 Å². The van der Waals surface area contributed by atoms with Crippen LogP contribution in [0.3, 0.4) is 0 Å². The third kappa shape index (κ3) is 4.93. The Balaban J connectivity index is 1.35. The Labute approximate surface area is 194 Å². The van der Waals surface area contributed by atoms with Crippen LogP contribution < -0.4 is 10.6 Å². The van der Waals surface area contributed by atoms with Gasteiger partial charge in [0.2, 0.25) is 0 Å². The number of fused-ring (bicyclic) bond motifs is 3. The fourth-order valence-electron chi connectivity index (χ4n) is 3.91. The van der Waals surface area contributed by atoms with Crippen molar-refractivity contribution in [3.63, 3.8) is 0 Å². The van der Waals surface area contributed by atoms with Gasteiger partial charge in [0.15, 0.2) is 0 Å². The van der Waals surface area contributed by atoms with E-state index >= 15 is 0 Å². The topological polar surface area (TPSA) is 135 Å². The second kappa shape index (κ2) is 9.95. The molecule has 1 heterocycles. The van der Waals surface area contributed by atoms with Gasteiger partial charge in [0.1, 0.15) is 18.7 Å². The summed E-state index contributed by atoms with van der Waals surface area (Å²) in [4.78, 5) is 50.2. The molecule has 1 atom stereocenters. The van der Waals surface area contributed by atoms with E-state index in [0.717, 1.165) is 22.3 Å². The number of hydrogen-bond acceptors (Lipinski definition) is 6. The van der Waals surface area contributed by atoms with E-state index in [1.807, 2.05) is 36.4 Å². The lowest BCUT2D eigenvalue weighted by atomic mass is 9.98. The van der Waals surface area contributed by atoms with Crippen molar-refractivity contribution in [2.45, 2.75) is 18.4 Å². The molecule has 0 saturated heterocycles. The first-order valence-corrected chi connectivity index (χ1v) is 10.5. The summed E-state index contributed by atoms with van der Waals surface area (Å²) in [5.41, 5.74) is 4.56. The molecule has 0 aliphatic heterocycles. The molecule has 3 N–H and O–H groups in total. The van der Waals surface area contributed by atoms with E-state index < -0.39 is 30.4 Å². The summed E-state index contributed by atoms with van der Waals surface area (Å²) >= 11 is 0. The number of benzene rings is 2. The molecule has 1 aliphatic rings. The summed E-state index contributed by atoms with van der Waals surface area (Å²) in [5.74, 6) is -1.77. The van der Waals surface area contributed by atoms with Crippen LogP contribution in [0.2, 0.25) is 0 Å². The van der Waals surface area contributed by atoms with Crippen LogP contribution in [-0.2, 0) is 14.3 Å². The maximum absolute atomic E-state index is 12.4. The number of nitrogens with one attached hydrogen (secondary N) is 2. The zero-order chi connectivity index (χ0) is 24.1. The second-order valence-corrected chi connectivity index (χ2v) is 7.70. The third-order valence-electron chi connectivity index (χ3n) is 5.47. The molecule has 1 aromatic heterocycles. The molecule has 0 unspecified atom stereocenters. The number of carbonyl (C=O) groups is 4. The van der Waals surface area contributed by atoms with Gasteiger partial charge < -0.3 is 20.0 Å². The van der Waals surface area contributed by atoms with Crippen LogP contribution in [-0.4, -0.2) is 47.0 Å². The quantitative estimate of drug-likeness (QED) is 0.440. The van der Waals surface area contributed by atoms with Crippen LogP contribution >= 0.6 is 0 Å². The lowest BCUT2D eigenvalue weighted by Crippen LogP contribution is -2.37. The normalized spacial score (nSPS) is 12.7. The fourth-order valence-corrected chi connectivity index (χ4v) is 3.91. The first-order valence-electron chi connectivity index (χ1n) is 10.5. The van der Waals surface area contributed by atoms with Gasteiger partial charge in [-0.05, 0) is 34.4 Å². The van der Waals surface area contributed by atoms with Crippen molar-refractivity contribution in [3.8, 4) is 11.1 Å². The molecule has 2 amide bonds. The van der Waals surface area contributed by atoms with Crippen molar-refractivity contribution in [1.29, 1.82) is 0 Å². The average molecular weight is 459 g/mol. The number of hydrogen-bond donors (Lipinski definition) is 3. The van der Waals surface area contributed by atoms with E-state index in [9.17, 15) is 19.2 Å². The Kier molecular flexibility index (Phi) is 6.63. The van der Waals surface area contributed by atoms with Crippen LogP contribution in [0.5, 0.6) is 0 Å². The average Bonchev–Trinajstić information content (AvgIpc) is 3.16. The molecule has 1 aliphatic carbocycles. The molecule has 34 heavy (non-hydrogen) atoms.